The lowest BCUT2D eigenvalue weighted by Gasteiger charge is -2.23. The molecule has 0 aromatic carbocycles. The van der Waals surface area contributed by atoms with Gasteiger partial charge in [-0.1, -0.05) is 0 Å². The second kappa shape index (κ2) is 2.52. The molecule has 0 N–H and O–H groups in total. The summed E-state index contributed by atoms with van der Waals surface area (Å²) in [5.74, 6) is -2.71. The Labute approximate surface area is 76.7 Å². The summed E-state index contributed by atoms with van der Waals surface area (Å²) >= 11 is 3.06. The molecule has 66 valence electrons. The number of aryl methyl sites for hydroxylation is 1. The second-order valence-electron chi connectivity index (χ2n) is 2.87. The Balaban J connectivity index is 2.56. The van der Waals surface area contributed by atoms with E-state index in [1.54, 1.807) is 0 Å². The van der Waals surface area contributed by atoms with E-state index in [1.807, 2.05) is 0 Å². The van der Waals surface area contributed by atoms with Crippen LogP contribution in [0.15, 0.2) is 10.7 Å². The summed E-state index contributed by atoms with van der Waals surface area (Å²) in [6.07, 6.45) is 1.85. The summed E-state index contributed by atoms with van der Waals surface area (Å²) in [6, 6.07) is 0. The standard InChI is InChI=1S/C7H7BrF2N2/c8-5-4-11-12-3-1-2-7(9,10)6(5)12/h4H,1-3H2. The molecule has 0 unspecified atom stereocenters. The van der Waals surface area contributed by atoms with Crippen molar-refractivity contribution in [3.63, 3.8) is 0 Å². The quantitative estimate of drug-likeness (QED) is 0.677. The molecule has 0 spiro atoms. The van der Waals surface area contributed by atoms with Gasteiger partial charge in [0.15, 0.2) is 0 Å². The molecule has 0 amide bonds. The highest BCUT2D eigenvalue weighted by Gasteiger charge is 2.39. The minimum atomic E-state index is -2.71. The third-order valence-corrected chi connectivity index (χ3v) is 2.58. The summed E-state index contributed by atoms with van der Waals surface area (Å²) in [5, 5.41) is 3.84. The van der Waals surface area contributed by atoms with Crippen LogP contribution in [0, 0.1) is 0 Å². The smallest absolute Gasteiger partial charge is 0.262 e. The van der Waals surface area contributed by atoms with Gasteiger partial charge in [0.1, 0.15) is 5.69 Å². The summed E-state index contributed by atoms with van der Waals surface area (Å²) in [6.45, 7) is 0.594. The van der Waals surface area contributed by atoms with E-state index in [2.05, 4.69) is 21.0 Å². The van der Waals surface area contributed by atoms with Crippen molar-refractivity contribution in [3.8, 4) is 0 Å². The SMILES string of the molecule is FC1(F)CCCn2ncc(Br)c21. The number of nitrogens with zero attached hydrogens (tertiary/aromatic N) is 2. The Bertz CT molecular complexity index is 308. The van der Waals surface area contributed by atoms with E-state index in [9.17, 15) is 8.78 Å². The van der Waals surface area contributed by atoms with Crippen molar-refractivity contribution in [2.75, 3.05) is 0 Å². The zero-order valence-corrected chi connectivity index (χ0v) is 7.81. The largest absolute Gasteiger partial charge is 0.290 e. The maximum absolute atomic E-state index is 13.2. The van der Waals surface area contributed by atoms with Gasteiger partial charge in [-0.15, -0.1) is 0 Å². The van der Waals surface area contributed by atoms with Crippen LogP contribution in [-0.4, -0.2) is 9.78 Å². The van der Waals surface area contributed by atoms with Crippen LogP contribution in [0.3, 0.4) is 0 Å². The first kappa shape index (κ1) is 8.16. The maximum Gasteiger partial charge on any atom is 0.290 e. The maximum atomic E-state index is 13.2. The highest BCUT2D eigenvalue weighted by molar-refractivity contribution is 9.10. The van der Waals surface area contributed by atoms with E-state index < -0.39 is 5.92 Å². The van der Waals surface area contributed by atoms with E-state index in [-0.39, 0.29) is 12.1 Å². The molecule has 2 rings (SSSR count). The van der Waals surface area contributed by atoms with Crippen LogP contribution in [0.1, 0.15) is 18.5 Å². The Kier molecular flexibility index (Phi) is 1.71. The normalized spacial score (nSPS) is 20.6. The topological polar surface area (TPSA) is 17.8 Å². The first-order valence-corrected chi connectivity index (χ1v) is 4.50. The zero-order valence-electron chi connectivity index (χ0n) is 6.23. The molecule has 0 aliphatic carbocycles. The fourth-order valence-electron chi connectivity index (χ4n) is 1.46. The van der Waals surface area contributed by atoms with Crippen molar-refractivity contribution in [2.45, 2.75) is 25.3 Å². The molecule has 2 heterocycles. The number of aromatic nitrogens is 2. The summed E-state index contributed by atoms with van der Waals surface area (Å²) < 4.78 is 28.2. The van der Waals surface area contributed by atoms with Crippen LogP contribution >= 0.6 is 15.9 Å². The third kappa shape index (κ3) is 1.07. The van der Waals surface area contributed by atoms with Gasteiger partial charge in [0, 0.05) is 13.0 Å². The third-order valence-electron chi connectivity index (χ3n) is 2.00. The van der Waals surface area contributed by atoms with Gasteiger partial charge >= 0.3 is 0 Å². The van der Waals surface area contributed by atoms with E-state index in [4.69, 9.17) is 0 Å². The first-order chi connectivity index (χ1) is 5.61. The molecule has 12 heavy (non-hydrogen) atoms. The van der Waals surface area contributed by atoms with E-state index in [0.717, 1.165) is 0 Å². The fraction of sp³-hybridized carbons (Fsp3) is 0.571. The summed E-state index contributed by atoms with van der Waals surface area (Å²) in [5.41, 5.74) is 0.0220. The predicted octanol–water partition coefficient (Wildman–Crippen LogP) is 2.53. The molecule has 1 aliphatic rings. The molecular weight excluding hydrogens is 230 g/mol. The van der Waals surface area contributed by atoms with Crippen molar-refractivity contribution in [1.82, 2.24) is 9.78 Å². The zero-order chi connectivity index (χ0) is 8.77. The van der Waals surface area contributed by atoms with Gasteiger partial charge in [-0.2, -0.15) is 13.9 Å². The van der Waals surface area contributed by atoms with Gasteiger partial charge < -0.3 is 0 Å². The molecular formula is C7H7BrF2N2. The van der Waals surface area contributed by atoms with Gasteiger partial charge in [-0.25, -0.2) is 0 Å². The van der Waals surface area contributed by atoms with Crippen LogP contribution in [-0.2, 0) is 12.5 Å². The number of fused-ring (bicyclic) bond motifs is 1. The number of hydrogen-bond acceptors (Lipinski definition) is 1. The van der Waals surface area contributed by atoms with Crippen molar-refractivity contribution < 1.29 is 8.78 Å². The summed E-state index contributed by atoms with van der Waals surface area (Å²) in [4.78, 5) is 0. The predicted molar refractivity (Wildman–Crippen MR) is 43.1 cm³/mol. The molecule has 0 radical (unpaired) electrons. The van der Waals surface area contributed by atoms with Crippen LogP contribution in [0.5, 0.6) is 0 Å². The second-order valence-corrected chi connectivity index (χ2v) is 3.73. The lowest BCUT2D eigenvalue weighted by atomic mass is 10.1. The van der Waals surface area contributed by atoms with Crippen LogP contribution < -0.4 is 0 Å². The molecule has 0 saturated heterocycles. The minimum Gasteiger partial charge on any atom is -0.262 e. The van der Waals surface area contributed by atoms with Gasteiger partial charge in [0.05, 0.1) is 10.7 Å². The monoisotopic (exact) mass is 236 g/mol. The lowest BCUT2D eigenvalue weighted by Crippen LogP contribution is -2.25. The van der Waals surface area contributed by atoms with Crippen molar-refractivity contribution in [3.05, 3.63) is 16.4 Å². The number of hydrogen-bond donors (Lipinski definition) is 0. The average molecular weight is 237 g/mol. The van der Waals surface area contributed by atoms with Crippen LogP contribution in [0.2, 0.25) is 0 Å². The lowest BCUT2D eigenvalue weighted by molar-refractivity contribution is -0.0372. The molecule has 0 atom stereocenters. The Morgan fingerprint density at radius 2 is 2.33 bits per heavy atom. The van der Waals surface area contributed by atoms with Gasteiger partial charge in [-0.05, 0) is 22.4 Å². The van der Waals surface area contributed by atoms with E-state index in [0.29, 0.717) is 17.4 Å². The Hall–Kier alpha value is -0.450. The van der Waals surface area contributed by atoms with Crippen LogP contribution in [0.4, 0.5) is 8.78 Å². The average Bonchev–Trinajstić information content (AvgIpc) is 2.32. The van der Waals surface area contributed by atoms with Crippen LogP contribution in [0.25, 0.3) is 0 Å². The minimum absolute atomic E-state index is 0.0220. The number of rotatable bonds is 0. The van der Waals surface area contributed by atoms with Crippen molar-refractivity contribution in [2.24, 2.45) is 0 Å². The molecule has 0 fully saturated rings. The van der Waals surface area contributed by atoms with E-state index in [1.165, 1.54) is 10.9 Å². The summed E-state index contributed by atoms with van der Waals surface area (Å²) in [7, 11) is 0. The van der Waals surface area contributed by atoms with Gasteiger partial charge in [0.25, 0.3) is 5.92 Å². The van der Waals surface area contributed by atoms with Gasteiger partial charge in [-0.3, -0.25) is 4.68 Å². The molecule has 1 aromatic rings. The fourth-order valence-corrected chi connectivity index (χ4v) is 2.05. The van der Waals surface area contributed by atoms with Gasteiger partial charge in [0.2, 0.25) is 0 Å². The molecule has 0 saturated carbocycles. The highest BCUT2D eigenvalue weighted by atomic mass is 79.9. The number of alkyl halides is 2. The Morgan fingerprint density at radius 3 is 3.00 bits per heavy atom. The first-order valence-electron chi connectivity index (χ1n) is 3.71. The molecule has 1 aliphatic heterocycles. The molecule has 0 bridgehead atoms. The van der Waals surface area contributed by atoms with Crippen molar-refractivity contribution >= 4 is 15.9 Å². The Morgan fingerprint density at radius 1 is 1.58 bits per heavy atom. The number of halogens is 3. The highest BCUT2D eigenvalue weighted by Crippen LogP contribution is 2.40. The molecule has 5 heteroatoms. The van der Waals surface area contributed by atoms with Crippen molar-refractivity contribution in [1.29, 1.82) is 0 Å². The molecule has 1 aromatic heterocycles. The van der Waals surface area contributed by atoms with E-state index >= 15 is 0 Å². The molecule has 2 nitrogen and oxygen atoms in total.